The van der Waals surface area contributed by atoms with Crippen molar-refractivity contribution in [2.75, 3.05) is 0 Å². The van der Waals surface area contributed by atoms with Gasteiger partial charge >= 0.3 is 0 Å². The first-order valence-electron chi connectivity index (χ1n) is 5.56. The van der Waals surface area contributed by atoms with Gasteiger partial charge in [-0.1, -0.05) is 19.9 Å². The first-order valence-corrected chi connectivity index (χ1v) is 6.36. The molecule has 1 aliphatic rings. The van der Waals surface area contributed by atoms with E-state index in [9.17, 15) is 10.1 Å². The van der Waals surface area contributed by atoms with Gasteiger partial charge in [-0.15, -0.1) is 0 Å². The maximum Gasteiger partial charge on any atom is 0.283 e. The summed E-state index contributed by atoms with van der Waals surface area (Å²) in [7, 11) is 0. The average Bonchev–Trinajstić information content (AvgIpc) is 2.85. The van der Waals surface area contributed by atoms with E-state index >= 15 is 0 Å². The highest BCUT2D eigenvalue weighted by atomic mass is 79.9. The Balaban J connectivity index is 2.02. The first kappa shape index (κ1) is 12.5. The van der Waals surface area contributed by atoms with E-state index in [-0.39, 0.29) is 10.6 Å². The Hall–Kier alpha value is -0.940. The fourth-order valence-electron chi connectivity index (χ4n) is 1.86. The normalized spacial score (nSPS) is 21.2. The molecule has 1 atom stereocenters. The van der Waals surface area contributed by atoms with E-state index in [1.165, 1.54) is 6.42 Å². The van der Waals surface area contributed by atoms with Crippen molar-refractivity contribution in [2.45, 2.75) is 32.9 Å². The molecule has 1 fully saturated rings. The van der Waals surface area contributed by atoms with Crippen LogP contribution in [0.5, 0.6) is 0 Å². The molecule has 1 aromatic carbocycles. The number of nitrogens with one attached hydrogen (secondary N) is 1. The molecule has 0 amide bonds. The van der Waals surface area contributed by atoms with Crippen molar-refractivity contribution in [3.63, 3.8) is 0 Å². The average molecular weight is 299 g/mol. The van der Waals surface area contributed by atoms with Crippen LogP contribution in [0.4, 0.5) is 5.69 Å². The smallest absolute Gasteiger partial charge is 0.283 e. The lowest BCUT2D eigenvalue weighted by atomic mass is 10.1. The standard InChI is InChI=1S/C12H15BrN2O2/c1-12(2)6-11(12)14-7-8-3-4-9(13)10(5-8)15(16)17/h3-5,11,14H,6-7H2,1-2H3. The summed E-state index contributed by atoms with van der Waals surface area (Å²) in [5.41, 5.74) is 1.45. The van der Waals surface area contributed by atoms with E-state index in [1.807, 2.05) is 6.07 Å². The summed E-state index contributed by atoms with van der Waals surface area (Å²) in [4.78, 5) is 10.4. The summed E-state index contributed by atoms with van der Waals surface area (Å²) in [5.74, 6) is 0. The van der Waals surface area contributed by atoms with Crippen LogP contribution in [0.25, 0.3) is 0 Å². The van der Waals surface area contributed by atoms with Crippen LogP contribution in [0.1, 0.15) is 25.8 Å². The van der Waals surface area contributed by atoms with Crippen LogP contribution < -0.4 is 5.32 Å². The number of nitrogens with zero attached hydrogens (tertiary/aromatic N) is 1. The molecular formula is C12H15BrN2O2. The Labute approximate surface area is 109 Å². The SMILES string of the molecule is CC1(C)CC1NCc1ccc(Br)c([N+](=O)[O-])c1. The lowest BCUT2D eigenvalue weighted by molar-refractivity contribution is -0.385. The third-order valence-electron chi connectivity index (χ3n) is 3.27. The number of nitro groups is 1. The summed E-state index contributed by atoms with van der Waals surface area (Å²) >= 11 is 3.18. The molecule has 5 heteroatoms. The quantitative estimate of drug-likeness (QED) is 0.686. The molecule has 0 aromatic heterocycles. The number of hydrogen-bond donors (Lipinski definition) is 1. The molecule has 1 aliphatic carbocycles. The van der Waals surface area contributed by atoms with E-state index in [2.05, 4.69) is 35.1 Å². The second kappa shape index (κ2) is 4.38. The highest BCUT2D eigenvalue weighted by Crippen LogP contribution is 2.44. The number of hydrogen-bond acceptors (Lipinski definition) is 3. The van der Waals surface area contributed by atoms with E-state index in [0.29, 0.717) is 22.5 Å². The molecule has 4 nitrogen and oxygen atoms in total. The van der Waals surface area contributed by atoms with Crippen LogP contribution in [0.15, 0.2) is 22.7 Å². The summed E-state index contributed by atoms with van der Waals surface area (Å²) < 4.78 is 0.526. The molecule has 1 unspecified atom stereocenters. The van der Waals surface area contributed by atoms with Crippen LogP contribution in [0.3, 0.4) is 0 Å². The van der Waals surface area contributed by atoms with Crippen LogP contribution in [0, 0.1) is 15.5 Å². The zero-order valence-electron chi connectivity index (χ0n) is 9.87. The fraction of sp³-hybridized carbons (Fsp3) is 0.500. The van der Waals surface area contributed by atoms with Crippen LogP contribution >= 0.6 is 15.9 Å². The molecule has 1 N–H and O–H groups in total. The monoisotopic (exact) mass is 298 g/mol. The van der Waals surface area contributed by atoms with Gasteiger partial charge in [0.15, 0.2) is 0 Å². The van der Waals surface area contributed by atoms with Gasteiger partial charge in [0.25, 0.3) is 5.69 Å². The minimum Gasteiger partial charge on any atom is -0.309 e. The second-order valence-corrected chi connectivity index (χ2v) is 6.02. The van der Waals surface area contributed by atoms with Crippen LogP contribution in [-0.2, 0) is 6.54 Å². The van der Waals surface area contributed by atoms with E-state index in [1.54, 1.807) is 12.1 Å². The molecule has 17 heavy (non-hydrogen) atoms. The molecule has 0 bridgehead atoms. The zero-order valence-corrected chi connectivity index (χ0v) is 11.5. The van der Waals surface area contributed by atoms with Gasteiger partial charge in [0.2, 0.25) is 0 Å². The van der Waals surface area contributed by atoms with Gasteiger partial charge in [-0.2, -0.15) is 0 Å². The topological polar surface area (TPSA) is 55.2 Å². The Morgan fingerprint density at radius 1 is 1.59 bits per heavy atom. The van der Waals surface area contributed by atoms with Gasteiger partial charge in [0.05, 0.1) is 9.40 Å². The molecule has 0 heterocycles. The summed E-state index contributed by atoms with van der Waals surface area (Å²) in [6, 6.07) is 5.78. The zero-order chi connectivity index (χ0) is 12.6. The van der Waals surface area contributed by atoms with Crippen LogP contribution in [0.2, 0.25) is 0 Å². The predicted molar refractivity (Wildman–Crippen MR) is 69.8 cm³/mol. The van der Waals surface area contributed by atoms with E-state index in [4.69, 9.17) is 0 Å². The lowest BCUT2D eigenvalue weighted by Crippen LogP contribution is -2.19. The molecule has 0 radical (unpaired) electrons. The van der Waals surface area contributed by atoms with Gasteiger partial charge in [-0.25, -0.2) is 0 Å². The van der Waals surface area contributed by atoms with Crippen molar-refractivity contribution < 1.29 is 4.92 Å². The Morgan fingerprint density at radius 3 is 2.76 bits per heavy atom. The number of rotatable bonds is 4. The summed E-state index contributed by atoms with van der Waals surface area (Å²) in [6.45, 7) is 5.12. The van der Waals surface area contributed by atoms with Gasteiger partial charge in [-0.05, 0) is 39.4 Å². The van der Waals surface area contributed by atoms with Crippen molar-refractivity contribution in [1.82, 2.24) is 5.32 Å². The molecule has 0 saturated heterocycles. The Bertz CT molecular complexity index is 460. The van der Waals surface area contributed by atoms with Crippen molar-refractivity contribution in [3.8, 4) is 0 Å². The second-order valence-electron chi connectivity index (χ2n) is 5.17. The Morgan fingerprint density at radius 2 is 2.24 bits per heavy atom. The highest BCUT2D eigenvalue weighted by Gasteiger charge is 2.44. The number of nitro benzene ring substituents is 1. The summed E-state index contributed by atoms with van der Waals surface area (Å²) in [6.07, 6.45) is 1.17. The van der Waals surface area contributed by atoms with E-state index < -0.39 is 0 Å². The van der Waals surface area contributed by atoms with Crippen LogP contribution in [-0.4, -0.2) is 11.0 Å². The van der Waals surface area contributed by atoms with Crippen molar-refractivity contribution in [2.24, 2.45) is 5.41 Å². The van der Waals surface area contributed by atoms with Crippen molar-refractivity contribution in [3.05, 3.63) is 38.3 Å². The minimum atomic E-state index is -0.366. The largest absolute Gasteiger partial charge is 0.309 e. The number of halogens is 1. The van der Waals surface area contributed by atoms with Gasteiger partial charge in [-0.3, -0.25) is 10.1 Å². The third kappa shape index (κ3) is 2.84. The molecule has 0 aliphatic heterocycles. The Kier molecular flexibility index (Phi) is 3.23. The molecule has 0 spiro atoms. The highest BCUT2D eigenvalue weighted by molar-refractivity contribution is 9.10. The first-order chi connectivity index (χ1) is 7.90. The predicted octanol–water partition coefficient (Wildman–Crippen LogP) is 3.25. The fourth-order valence-corrected chi connectivity index (χ4v) is 2.26. The van der Waals surface area contributed by atoms with Gasteiger partial charge in [0, 0.05) is 18.7 Å². The molecule has 2 rings (SSSR count). The molecular weight excluding hydrogens is 284 g/mol. The van der Waals surface area contributed by atoms with E-state index in [0.717, 1.165) is 5.56 Å². The third-order valence-corrected chi connectivity index (χ3v) is 3.94. The van der Waals surface area contributed by atoms with Crippen molar-refractivity contribution >= 4 is 21.6 Å². The van der Waals surface area contributed by atoms with Crippen molar-refractivity contribution in [1.29, 1.82) is 0 Å². The van der Waals surface area contributed by atoms with Gasteiger partial charge < -0.3 is 5.32 Å². The summed E-state index contributed by atoms with van der Waals surface area (Å²) in [5, 5.41) is 14.2. The lowest BCUT2D eigenvalue weighted by Gasteiger charge is -2.07. The maximum atomic E-state index is 10.8. The van der Waals surface area contributed by atoms with Gasteiger partial charge in [0.1, 0.15) is 0 Å². The molecule has 1 aromatic rings. The molecule has 92 valence electrons. The number of benzene rings is 1. The minimum absolute atomic E-state index is 0.124. The molecule has 1 saturated carbocycles. The maximum absolute atomic E-state index is 10.8.